The molecule has 0 aromatic rings. The van der Waals surface area contributed by atoms with E-state index in [1.807, 2.05) is 40.7 Å². The highest BCUT2D eigenvalue weighted by Gasteiger charge is 2.73. The fourth-order valence-electron chi connectivity index (χ4n) is 9.37. The number of aliphatic hydroxyl groups excluding tert-OH is 1. The van der Waals surface area contributed by atoms with Crippen molar-refractivity contribution in [2.45, 2.75) is 106 Å². The quantitative estimate of drug-likeness (QED) is 0.291. The molecule has 38 heavy (non-hydrogen) atoms. The second-order valence-corrected chi connectivity index (χ2v) is 13.3. The number of aliphatic carboxylic acids is 1. The maximum Gasteiger partial charge on any atom is 0.331 e. The van der Waals surface area contributed by atoms with Gasteiger partial charge in [0.1, 0.15) is 18.0 Å². The number of fused-ring (bicyclic) bond motifs is 5. The third-order valence-electron chi connectivity index (χ3n) is 11.2. The van der Waals surface area contributed by atoms with Gasteiger partial charge in [0.05, 0.1) is 0 Å². The van der Waals surface area contributed by atoms with Crippen molar-refractivity contribution >= 4 is 23.5 Å². The first kappa shape index (κ1) is 28.7. The Labute approximate surface area is 226 Å². The van der Waals surface area contributed by atoms with Gasteiger partial charge in [-0.25, -0.2) is 4.79 Å². The summed E-state index contributed by atoms with van der Waals surface area (Å²) in [5.41, 5.74) is -0.0476. The Morgan fingerprint density at radius 3 is 2.34 bits per heavy atom. The van der Waals surface area contributed by atoms with Gasteiger partial charge in [-0.3, -0.25) is 14.4 Å². The van der Waals surface area contributed by atoms with E-state index < -0.39 is 46.3 Å². The molecule has 0 heterocycles. The summed E-state index contributed by atoms with van der Waals surface area (Å²) < 4.78 is 5.80. The number of hydrogen-bond donors (Lipinski definition) is 2. The van der Waals surface area contributed by atoms with Crippen molar-refractivity contribution in [3.8, 4) is 0 Å². The van der Waals surface area contributed by atoms with Crippen LogP contribution in [0.1, 0.15) is 93.4 Å². The summed E-state index contributed by atoms with van der Waals surface area (Å²) in [6.07, 6.45) is 3.69. The highest BCUT2D eigenvalue weighted by atomic mass is 16.5. The van der Waals surface area contributed by atoms with Crippen molar-refractivity contribution in [3.05, 3.63) is 22.8 Å². The monoisotopic (exact) mass is 528 g/mol. The molecule has 4 aliphatic carbocycles. The number of allylic oxidation sites excluding steroid dienone is 2. The molecular weight excluding hydrogens is 484 g/mol. The van der Waals surface area contributed by atoms with Gasteiger partial charge in [0, 0.05) is 36.2 Å². The number of carboxylic acids is 1. The number of carbonyl (C=O) groups is 4. The van der Waals surface area contributed by atoms with E-state index in [1.165, 1.54) is 6.92 Å². The van der Waals surface area contributed by atoms with Crippen LogP contribution < -0.4 is 0 Å². The first-order chi connectivity index (χ1) is 17.6. The number of Topliss-reactive ketones (excluding diaryl/α,β-unsaturated/α-hetero) is 2. The maximum atomic E-state index is 14.3. The first-order valence-corrected chi connectivity index (χ1v) is 14.1. The average Bonchev–Trinajstić information content (AvgIpc) is 3.09. The average molecular weight is 529 g/mol. The Morgan fingerprint density at radius 1 is 1.11 bits per heavy atom. The Bertz CT molecular complexity index is 1110. The fourth-order valence-corrected chi connectivity index (χ4v) is 9.37. The Kier molecular flexibility index (Phi) is 7.35. The molecule has 4 fully saturated rings. The highest BCUT2D eigenvalue weighted by molar-refractivity contribution is 5.94. The molecule has 4 aliphatic rings. The number of carbonyl (C=O) groups excluding carboxylic acids is 3. The number of ketones is 2. The third-order valence-corrected chi connectivity index (χ3v) is 11.2. The largest absolute Gasteiger partial charge is 0.478 e. The van der Waals surface area contributed by atoms with Crippen molar-refractivity contribution in [2.75, 3.05) is 0 Å². The first-order valence-electron chi connectivity index (χ1n) is 14.1. The lowest BCUT2D eigenvalue weighted by atomic mass is 9.36. The molecule has 0 spiro atoms. The Morgan fingerprint density at radius 2 is 1.76 bits per heavy atom. The minimum absolute atomic E-state index is 0.0658. The number of rotatable bonds is 5. The van der Waals surface area contributed by atoms with Crippen LogP contribution in [0.3, 0.4) is 0 Å². The molecule has 0 amide bonds. The molecule has 4 rings (SSSR count). The molecule has 7 nitrogen and oxygen atoms in total. The van der Waals surface area contributed by atoms with Crippen LogP contribution in [0.5, 0.6) is 0 Å². The topological polar surface area (TPSA) is 118 Å². The second-order valence-electron chi connectivity index (χ2n) is 13.3. The van der Waals surface area contributed by atoms with Crippen molar-refractivity contribution in [1.29, 1.82) is 0 Å². The van der Waals surface area contributed by atoms with E-state index in [2.05, 4.69) is 6.92 Å². The number of ether oxygens (including phenoxy) is 1. The van der Waals surface area contributed by atoms with Crippen LogP contribution in [0.2, 0.25) is 0 Å². The molecule has 0 aromatic carbocycles. The van der Waals surface area contributed by atoms with Crippen LogP contribution in [0.25, 0.3) is 0 Å². The summed E-state index contributed by atoms with van der Waals surface area (Å²) in [4.78, 5) is 51.7. The zero-order valence-electron chi connectivity index (χ0n) is 23.9. The maximum absolute atomic E-state index is 14.3. The van der Waals surface area contributed by atoms with Crippen LogP contribution in [0.4, 0.5) is 0 Å². The summed E-state index contributed by atoms with van der Waals surface area (Å²) in [7, 11) is 0. The van der Waals surface area contributed by atoms with E-state index in [0.29, 0.717) is 50.5 Å². The highest BCUT2D eigenvalue weighted by Crippen LogP contribution is 2.73. The van der Waals surface area contributed by atoms with E-state index in [9.17, 15) is 29.4 Å². The van der Waals surface area contributed by atoms with Gasteiger partial charge < -0.3 is 14.9 Å². The van der Waals surface area contributed by atoms with Gasteiger partial charge in [-0.15, -0.1) is 0 Å². The van der Waals surface area contributed by atoms with Crippen molar-refractivity contribution in [3.63, 3.8) is 0 Å². The molecular formula is C31H44O7. The summed E-state index contributed by atoms with van der Waals surface area (Å²) in [5.74, 6) is -2.77. The zero-order valence-corrected chi connectivity index (χ0v) is 23.9. The number of aliphatic hydroxyl groups is 1. The minimum Gasteiger partial charge on any atom is -0.478 e. The normalized spacial score (nSPS) is 43.5. The second kappa shape index (κ2) is 9.72. The van der Waals surface area contributed by atoms with E-state index >= 15 is 0 Å². The van der Waals surface area contributed by atoms with Gasteiger partial charge in [-0.2, -0.15) is 0 Å². The molecule has 0 bridgehead atoms. The van der Waals surface area contributed by atoms with E-state index in [4.69, 9.17) is 4.74 Å². The molecule has 2 N–H and O–H groups in total. The van der Waals surface area contributed by atoms with Gasteiger partial charge in [0.25, 0.3) is 0 Å². The molecule has 0 aromatic heterocycles. The van der Waals surface area contributed by atoms with Gasteiger partial charge in [0.15, 0.2) is 5.78 Å². The SMILES string of the molecule is CC(=O)O[C@H]1C[C@@]2(C)[C@@H](CC[C@@H]3[C@]4(C)CCC(=O)[C@H](C)[C@@H]4[C@H](O)C(=O)[C@]32C)/C1=C(/CCC=C(C)C)C(=O)O. The number of esters is 1. The standard InChI is InChI=1S/C31H44O7/c1-16(2)9-8-10-19(28(36)37)24-20-11-12-23-29(5)14-13-21(33)17(3)25(29)26(34)27(35)31(23,7)30(20,6)15-22(24)38-18(4)32/h9,17,20,22-23,25-26,34H,8,10-15H2,1-7H3,(H,36,37)/b24-19+/t17-,20-,22-,23+,25+,26-,29-,30-,31-/m0/s1. The van der Waals surface area contributed by atoms with E-state index in [1.54, 1.807) is 0 Å². The van der Waals surface area contributed by atoms with Crippen molar-refractivity contribution in [1.82, 2.24) is 0 Å². The zero-order chi connectivity index (χ0) is 28.4. The fraction of sp³-hybridized carbons (Fsp3) is 0.742. The Hall–Kier alpha value is -2.28. The lowest BCUT2D eigenvalue weighted by molar-refractivity contribution is -0.213. The molecule has 0 aliphatic heterocycles. The molecule has 4 saturated carbocycles. The molecule has 7 heteroatoms. The van der Waals surface area contributed by atoms with Gasteiger partial charge in [-0.1, -0.05) is 39.3 Å². The molecule has 0 radical (unpaired) electrons. The van der Waals surface area contributed by atoms with Gasteiger partial charge in [-0.05, 0) is 80.6 Å². The minimum atomic E-state index is -1.26. The summed E-state index contributed by atoms with van der Waals surface area (Å²) in [6, 6.07) is 0. The predicted octanol–water partition coefficient (Wildman–Crippen LogP) is 5.05. The van der Waals surface area contributed by atoms with Crippen molar-refractivity contribution in [2.24, 2.45) is 39.9 Å². The van der Waals surface area contributed by atoms with Gasteiger partial charge in [0.2, 0.25) is 0 Å². The Balaban J connectivity index is 1.86. The smallest absolute Gasteiger partial charge is 0.331 e. The van der Waals surface area contributed by atoms with Crippen LogP contribution in [-0.4, -0.2) is 45.9 Å². The number of carboxylic acid groups (broad SMARTS) is 1. The summed E-state index contributed by atoms with van der Waals surface area (Å²) in [5, 5.41) is 21.8. The molecule has 210 valence electrons. The predicted molar refractivity (Wildman–Crippen MR) is 142 cm³/mol. The third kappa shape index (κ3) is 4.02. The van der Waals surface area contributed by atoms with Crippen LogP contribution in [-0.2, 0) is 23.9 Å². The van der Waals surface area contributed by atoms with Crippen molar-refractivity contribution < 1.29 is 34.1 Å². The molecule has 9 atom stereocenters. The summed E-state index contributed by atoms with van der Waals surface area (Å²) >= 11 is 0. The van der Waals surface area contributed by atoms with E-state index in [0.717, 1.165) is 5.57 Å². The van der Waals surface area contributed by atoms with Gasteiger partial charge >= 0.3 is 11.9 Å². The molecule has 0 saturated heterocycles. The summed E-state index contributed by atoms with van der Waals surface area (Å²) in [6.45, 7) is 13.2. The lowest BCUT2D eigenvalue weighted by Crippen LogP contribution is -2.69. The molecule has 0 unspecified atom stereocenters. The van der Waals surface area contributed by atoms with Crippen LogP contribution >= 0.6 is 0 Å². The lowest BCUT2D eigenvalue weighted by Gasteiger charge is -2.67. The van der Waals surface area contributed by atoms with Crippen LogP contribution in [0, 0.1) is 39.9 Å². The van der Waals surface area contributed by atoms with Crippen LogP contribution in [0.15, 0.2) is 22.8 Å². The van der Waals surface area contributed by atoms with E-state index in [-0.39, 0.29) is 34.9 Å². The number of hydrogen-bond acceptors (Lipinski definition) is 6.